The number of fused-ring (bicyclic) bond motifs is 1. The van der Waals surface area contributed by atoms with Crippen LogP contribution in [0.1, 0.15) is 54.7 Å². The van der Waals surface area contributed by atoms with Gasteiger partial charge in [0.2, 0.25) is 5.91 Å². The maximum Gasteiger partial charge on any atom is 0.416 e. The Labute approximate surface area is 228 Å². The van der Waals surface area contributed by atoms with Crippen molar-refractivity contribution in [3.05, 3.63) is 71.3 Å². The van der Waals surface area contributed by atoms with Crippen LogP contribution in [0, 0.1) is 0 Å². The molecule has 0 aliphatic carbocycles. The van der Waals surface area contributed by atoms with Gasteiger partial charge in [0.25, 0.3) is 0 Å². The number of benzene rings is 2. The van der Waals surface area contributed by atoms with Crippen LogP contribution < -0.4 is 0 Å². The fourth-order valence-electron chi connectivity index (χ4n) is 6.31. The van der Waals surface area contributed by atoms with Gasteiger partial charge in [-0.2, -0.15) is 13.2 Å². The van der Waals surface area contributed by atoms with Gasteiger partial charge >= 0.3 is 12.2 Å². The van der Waals surface area contributed by atoms with Crippen LogP contribution in [0.3, 0.4) is 0 Å². The van der Waals surface area contributed by atoms with Crippen molar-refractivity contribution < 1.29 is 22.8 Å². The molecule has 3 saturated heterocycles. The molecule has 0 saturated carbocycles. The summed E-state index contributed by atoms with van der Waals surface area (Å²) in [5.74, 6) is -0.387. The second kappa shape index (κ2) is 12.1. The molecular weight excluding hydrogens is 505 g/mol. The predicted molar refractivity (Wildman–Crippen MR) is 143 cm³/mol. The average Bonchev–Trinajstić information content (AvgIpc) is 2.94. The third kappa shape index (κ3) is 6.30. The lowest BCUT2D eigenvalue weighted by molar-refractivity contribution is -0.138. The van der Waals surface area contributed by atoms with Crippen molar-refractivity contribution in [3.63, 3.8) is 0 Å². The zero-order valence-corrected chi connectivity index (χ0v) is 22.3. The van der Waals surface area contributed by atoms with Crippen LogP contribution in [0.15, 0.2) is 54.6 Å². The highest BCUT2D eigenvalue weighted by Gasteiger charge is 2.47. The molecule has 2 aromatic rings. The number of piperidine rings is 1. The highest BCUT2D eigenvalue weighted by Crippen LogP contribution is 2.37. The van der Waals surface area contributed by atoms with Crippen LogP contribution in [-0.2, 0) is 17.5 Å². The molecule has 3 aliphatic rings. The lowest BCUT2D eigenvalue weighted by Crippen LogP contribution is -2.62. The molecule has 2 aromatic carbocycles. The van der Waals surface area contributed by atoms with Gasteiger partial charge in [-0.15, -0.1) is 0 Å². The van der Waals surface area contributed by atoms with Crippen molar-refractivity contribution >= 4 is 11.9 Å². The summed E-state index contributed by atoms with van der Waals surface area (Å²) in [4.78, 5) is 34.6. The van der Waals surface area contributed by atoms with Gasteiger partial charge in [0.1, 0.15) is 0 Å². The van der Waals surface area contributed by atoms with Crippen molar-refractivity contribution in [1.29, 1.82) is 0 Å². The molecular formula is C30H37F3N4O2. The van der Waals surface area contributed by atoms with Crippen LogP contribution in [0.4, 0.5) is 18.0 Å². The number of alkyl halides is 3. The molecule has 39 heavy (non-hydrogen) atoms. The summed E-state index contributed by atoms with van der Waals surface area (Å²) in [7, 11) is 0. The third-order valence-corrected chi connectivity index (χ3v) is 8.39. The quantitative estimate of drug-likeness (QED) is 0.430. The lowest BCUT2D eigenvalue weighted by Gasteiger charge is -2.47. The van der Waals surface area contributed by atoms with Crippen LogP contribution in [0.5, 0.6) is 0 Å². The number of halogens is 3. The monoisotopic (exact) mass is 542 g/mol. The van der Waals surface area contributed by atoms with E-state index in [0.29, 0.717) is 38.3 Å². The highest BCUT2D eigenvalue weighted by atomic mass is 19.4. The van der Waals surface area contributed by atoms with E-state index in [1.54, 1.807) is 12.1 Å². The Morgan fingerprint density at radius 1 is 0.769 bits per heavy atom. The van der Waals surface area contributed by atoms with Gasteiger partial charge < -0.3 is 9.80 Å². The zero-order chi connectivity index (χ0) is 27.4. The number of hydrogen-bond acceptors (Lipinski definition) is 4. The standard InChI is InChI=1S/C30H37F3N4O2/c31-30(32,33)25-13-5-4-12-24(25)22-35-20-18-34(19-21-35)15-8-9-17-37-28(38)27(23-10-2-1-3-11-23)26-14-6-7-16-36(26)29(37)39/h1-5,10-13,26-27H,6-9,14-22H2/t26-,27-/m1/s1. The number of urea groups is 1. The van der Waals surface area contributed by atoms with Crippen molar-refractivity contribution in [2.45, 2.75) is 56.8 Å². The Hall–Kier alpha value is -2.91. The summed E-state index contributed by atoms with van der Waals surface area (Å²) in [6.45, 7) is 5.27. The average molecular weight is 543 g/mol. The molecule has 3 heterocycles. The van der Waals surface area contributed by atoms with Crippen molar-refractivity contribution in [1.82, 2.24) is 19.6 Å². The summed E-state index contributed by atoms with van der Waals surface area (Å²) < 4.78 is 40.0. The first-order valence-electron chi connectivity index (χ1n) is 14.1. The summed E-state index contributed by atoms with van der Waals surface area (Å²) in [6, 6.07) is 15.4. The minimum Gasteiger partial charge on any atom is -0.320 e. The molecule has 5 rings (SSSR count). The molecule has 0 radical (unpaired) electrons. The Kier molecular flexibility index (Phi) is 8.57. The lowest BCUT2D eigenvalue weighted by atomic mass is 9.82. The van der Waals surface area contributed by atoms with E-state index in [1.807, 2.05) is 35.2 Å². The van der Waals surface area contributed by atoms with Gasteiger partial charge in [0.15, 0.2) is 0 Å². The fourth-order valence-corrected chi connectivity index (χ4v) is 6.31. The minimum absolute atomic E-state index is 0.0585. The Morgan fingerprint density at radius 2 is 1.44 bits per heavy atom. The van der Waals surface area contributed by atoms with E-state index >= 15 is 0 Å². The molecule has 0 aromatic heterocycles. The number of amides is 3. The summed E-state index contributed by atoms with van der Waals surface area (Å²) in [5, 5.41) is 0. The normalized spacial score (nSPS) is 23.3. The molecule has 3 amide bonds. The second-order valence-corrected chi connectivity index (χ2v) is 10.9. The van der Waals surface area contributed by atoms with E-state index in [2.05, 4.69) is 9.80 Å². The minimum atomic E-state index is -4.34. The van der Waals surface area contributed by atoms with Gasteiger partial charge in [-0.25, -0.2) is 4.79 Å². The van der Waals surface area contributed by atoms with Crippen LogP contribution in [-0.4, -0.2) is 83.4 Å². The molecule has 9 heteroatoms. The third-order valence-electron chi connectivity index (χ3n) is 8.39. The molecule has 0 unspecified atom stereocenters. The van der Waals surface area contributed by atoms with Gasteiger partial charge in [-0.05, 0) is 55.8 Å². The summed E-state index contributed by atoms with van der Waals surface area (Å²) >= 11 is 0. The van der Waals surface area contributed by atoms with Crippen molar-refractivity contribution in [2.75, 3.05) is 45.8 Å². The van der Waals surface area contributed by atoms with E-state index in [-0.39, 0.29) is 23.9 Å². The van der Waals surface area contributed by atoms with Crippen LogP contribution in [0.25, 0.3) is 0 Å². The number of rotatable bonds is 8. The number of unbranched alkanes of at least 4 members (excludes halogenated alkanes) is 1. The summed E-state index contributed by atoms with van der Waals surface area (Å²) in [5.41, 5.74) is 0.742. The Morgan fingerprint density at radius 3 is 2.18 bits per heavy atom. The van der Waals surface area contributed by atoms with E-state index < -0.39 is 11.7 Å². The maximum absolute atomic E-state index is 13.6. The van der Waals surface area contributed by atoms with Gasteiger partial charge in [0, 0.05) is 51.9 Å². The molecule has 2 atom stereocenters. The smallest absolute Gasteiger partial charge is 0.320 e. The number of carbonyl (C=O) groups is 2. The Bertz CT molecular complexity index is 1130. The molecule has 0 bridgehead atoms. The van der Waals surface area contributed by atoms with E-state index in [4.69, 9.17) is 0 Å². The highest BCUT2D eigenvalue weighted by molar-refractivity contribution is 6.01. The first-order valence-corrected chi connectivity index (χ1v) is 14.1. The van der Waals surface area contributed by atoms with Gasteiger partial charge in [-0.1, -0.05) is 48.5 Å². The predicted octanol–water partition coefficient (Wildman–Crippen LogP) is 5.20. The fraction of sp³-hybridized carbons (Fsp3) is 0.533. The van der Waals surface area contributed by atoms with Gasteiger partial charge in [-0.3, -0.25) is 14.6 Å². The maximum atomic E-state index is 13.6. The van der Waals surface area contributed by atoms with E-state index in [1.165, 1.54) is 11.0 Å². The Balaban J connectivity index is 1.11. The molecule has 6 nitrogen and oxygen atoms in total. The number of piperazine rings is 1. The molecule has 210 valence electrons. The number of imide groups is 1. The van der Waals surface area contributed by atoms with E-state index in [0.717, 1.165) is 63.4 Å². The van der Waals surface area contributed by atoms with Crippen molar-refractivity contribution in [3.8, 4) is 0 Å². The summed E-state index contributed by atoms with van der Waals surface area (Å²) in [6.07, 6.45) is 0.112. The van der Waals surface area contributed by atoms with Crippen LogP contribution in [0.2, 0.25) is 0 Å². The van der Waals surface area contributed by atoms with Crippen LogP contribution >= 0.6 is 0 Å². The zero-order valence-electron chi connectivity index (χ0n) is 22.3. The largest absolute Gasteiger partial charge is 0.416 e. The number of hydrogen-bond donors (Lipinski definition) is 0. The van der Waals surface area contributed by atoms with Gasteiger partial charge in [0.05, 0.1) is 11.5 Å². The first kappa shape index (κ1) is 27.6. The first-order chi connectivity index (χ1) is 18.8. The molecule has 0 spiro atoms. The topological polar surface area (TPSA) is 47.1 Å². The van der Waals surface area contributed by atoms with Crippen molar-refractivity contribution in [2.24, 2.45) is 0 Å². The second-order valence-electron chi connectivity index (χ2n) is 10.9. The number of nitrogens with zero attached hydrogens (tertiary/aromatic N) is 4. The molecule has 0 N–H and O–H groups in total. The molecule has 3 fully saturated rings. The SMILES string of the molecule is O=C1[C@H](c2ccccc2)[C@H]2CCCCN2C(=O)N1CCCCN1CCN(Cc2ccccc2C(F)(F)F)CC1. The van der Waals surface area contributed by atoms with E-state index in [9.17, 15) is 22.8 Å². The molecule has 3 aliphatic heterocycles. The number of carbonyl (C=O) groups excluding carboxylic acids is 2.